The Morgan fingerprint density at radius 2 is 1.95 bits per heavy atom. The summed E-state index contributed by atoms with van der Waals surface area (Å²) in [5, 5.41) is 0.546. The molecule has 1 aliphatic rings. The van der Waals surface area contributed by atoms with Crippen LogP contribution in [0.25, 0.3) is 0 Å². The Labute approximate surface area is 121 Å². The summed E-state index contributed by atoms with van der Waals surface area (Å²) >= 11 is 6.18. The maximum absolute atomic E-state index is 6.18. The van der Waals surface area contributed by atoms with Crippen molar-refractivity contribution < 1.29 is 0 Å². The molecule has 0 spiro atoms. The van der Waals surface area contributed by atoms with Crippen LogP contribution in [0, 0.1) is 5.92 Å². The topological polar surface area (TPSA) is 29.0 Å². The highest BCUT2D eigenvalue weighted by Gasteiger charge is 2.31. The number of halogens is 1. The Kier molecular flexibility index (Phi) is 4.05. The first-order valence-corrected chi connectivity index (χ1v) is 7.47. The second-order valence-electron chi connectivity index (χ2n) is 6.90. The molecule has 0 aromatic carbocycles. The Bertz CT molecular complexity index is 447. The predicted octanol–water partition coefficient (Wildman–Crippen LogP) is 4.05. The van der Waals surface area contributed by atoms with Crippen molar-refractivity contribution in [2.45, 2.75) is 58.9 Å². The van der Waals surface area contributed by atoms with Gasteiger partial charge in [-0.2, -0.15) is 0 Å². The van der Waals surface area contributed by atoms with E-state index in [0.717, 1.165) is 18.2 Å². The molecule has 0 atom stereocenters. The fourth-order valence-electron chi connectivity index (χ4n) is 2.10. The van der Waals surface area contributed by atoms with E-state index < -0.39 is 0 Å². The van der Waals surface area contributed by atoms with E-state index in [1.54, 1.807) is 0 Å². The number of nitrogens with zero attached hydrogens (tertiary/aromatic N) is 3. The maximum atomic E-state index is 6.18. The van der Waals surface area contributed by atoms with E-state index in [2.05, 4.69) is 44.5 Å². The SMILES string of the molecule is CC(C)CN(c1cc(Cl)nc(C(C)(C)C)n1)C1CC1. The highest BCUT2D eigenvalue weighted by Crippen LogP contribution is 2.33. The lowest BCUT2D eigenvalue weighted by Crippen LogP contribution is -2.31. The van der Waals surface area contributed by atoms with E-state index in [1.165, 1.54) is 12.8 Å². The van der Waals surface area contributed by atoms with Crippen molar-refractivity contribution in [2.75, 3.05) is 11.4 Å². The van der Waals surface area contributed by atoms with Crippen LogP contribution < -0.4 is 4.90 Å². The van der Waals surface area contributed by atoms with Crippen LogP contribution in [0.15, 0.2) is 6.07 Å². The van der Waals surface area contributed by atoms with Crippen LogP contribution in [0.5, 0.6) is 0 Å². The lowest BCUT2D eigenvalue weighted by atomic mass is 9.96. The van der Waals surface area contributed by atoms with Gasteiger partial charge in [0, 0.05) is 24.1 Å². The summed E-state index contributed by atoms with van der Waals surface area (Å²) in [5.41, 5.74) is -0.0767. The van der Waals surface area contributed by atoms with Gasteiger partial charge in [0.2, 0.25) is 0 Å². The van der Waals surface area contributed by atoms with Gasteiger partial charge in [-0.15, -0.1) is 0 Å². The summed E-state index contributed by atoms with van der Waals surface area (Å²) < 4.78 is 0. The summed E-state index contributed by atoms with van der Waals surface area (Å²) in [7, 11) is 0. The van der Waals surface area contributed by atoms with Crippen LogP contribution in [-0.4, -0.2) is 22.6 Å². The number of anilines is 1. The predicted molar refractivity (Wildman–Crippen MR) is 80.9 cm³/mol. The number of hydrogen-bond donors (Lipinski definition) is 0. The summed E-state index contributed by atoms with van der Waals surface area (Å²) in [6.07, 6.45) is 2.53. The van der Waals surface area contributed by atoms with E-state index in [0.29, 0.717) is 17.1 Å². The molecule has 0 aliphatic heterocycles. The highest BCUT2D eigenvalue weighted by molar-refractivity contribution is 6.29. The van der Waals surface area contributed by atoms with Crippen molar-refractivity contribution >= 4 is 17.4 Å². The lowest BCUT2D eigenvalue weighted by molar-refractivity contribution is 0.540. The fourth-order valence-corrected chi connectivity index (χ4v) is 2.28. The molecule has 0 saturated heterocycles. The summed E-state index contributed by atoms with van der Waals surface area (Å²) in [4.78, 5) is 11.5. The molecule has 0 unspecified atom stereocenters. The molecule has 1 saturated carbocycles. The molecule has 1 aromatic rings. The normalized spacial score (nSPS) is 15.9. The summed E-state index contributed by atoms with van der Waals surface area (Å²) in [6.45, 7) is 11.9. The monoisotopic (exact) mass is 281 g/mol. The van der Waals surface area contributed by atoms with Gasteiger partial charge in [-0.1, -0.05) is 46.2 Å². The zero-order valence-corrected chi connectivity index (χ0v) is 13.3. The van der Waals surface area contributed by atoms with E-state index >= 15 is 0 Å². The molecule has 0 radical (unpaired) electrons. The Morgan fingerprint density at radius 3 is 2.42 bits per heavy atom. The van der Waals surface area contributed by atoms with Gasteiger partial charge in [0.15, 0.2) is 0 Å². The largest absolute Gasteiger partial charge is 0.353 e. The van der Waals surface area contributed by atoms with Gasteiger partial charge in [0.25, 0.3) is 0 Å². The van der Waals surface area contributed by atoms with Crippen molar-refractivity contribution in [2.24, 2.45) is 5.92 Å². The van der Waals surface area contributed by atoms with E-state index in [9.17, 15) is 0 Å². The Morgan fingerprint density at radius 1 is 1.32 bits per heavy atom. The second-order valence-corrected chi connectivity index (χ2v) is 7.29. The van der Waals surface area contributed by atoms with Crippen LogP contribution in [-0.2, 0) is 5.41 Å². The zero-order chi connectivity index (χ0) is 14.2. The Balaban J connectivity index is 2.34. The van der Waals surface area contributed by atoms with Gasteiger partial charge >= 0.3 is 0 Å². The van der Waals surface area contributed by atoms with Crippen molar-refractivity contribution in [3.63, 3.8) is 0 Å². The Hall–Kier alpha value is -0.830. The molecule has 1 aliphatic carbocycles. The molecule has 4 heteroatoms. The molecule has 1 fully saturated rings. The van der Waals surface area contributed by atoms with Gasteiger partial charge in [0.05, 0.1) is 0 Å². The number of rotatable bonds is 4. The van der Waals surface area contributed by atoms with Gasteiger partial charge in [-0.05, 0) is 18.8 Å². The number of aromatic nitrogens is 2. The van der Waals surface area contributed by atoms with Crippen LogP contribution in [0.3, 0.4) is 0 Å². The quantitative estimate of drug-likeness (QED) is 0.780. The van der Waals surface area contributed by atoms with Crippen LogP contribution >= 0.6 is 11.6 Å². The molecule has 1 aromatic heterocycles. The average molecular weight is 282 g/mol. The van der Waals surface area contributed by atoms with Crippen LogP contribution in [0.1, 0.15) is 53.3 Å². The van der Waals surface area contributed by atoms with Crippen molar-refractivity contribution in [1.82, 2.24) is 9.97 Å². The highest BCUT2D eigenvalue weighted by atomic mass is 35.5. The van der Waals surface area contributed by atoms with Crippen molar-refractivity contribution in [1.29, 1.82) is 0 Å². The minimum absolute atomic E-state index is 0.0767. The molecule has 106 valence electrons. The van der Waals surface area contributed by atoms with Gasteiger partial charge in [-0.25, -0.2) is 9.97 Å². The van der Waals surface area contributed by atoms with Gasteiger partial charge in [-0.3, -0.25) is 0 Å². The third kappa shape index (κ3) is 3.82. The minimum Gasteiger partial charge on any atom is -0.353 e. The van der Waals surface area contributed by atoms with Crippen molar-refractivity contribution in [3.05, 3.63) is 17.0 Å². The minimum atomic E-state index is -0.0767. The molecule has 0 N–H and O–H groups in total. The van der Waals surface area contributed by atoms with Gasteiger partial charge < -0.3 is 4.90 Å². The lowest BCUT2D eigenvalue weighted by Gasteiger charge is -2.27. The van der Waals surface area contributed by atoms with Crippen LogP contribution in [0.2, 0.25) is 5.15 Å². The zero-order valence-electron chi connectivity index (χ0n) is 12.6. The molecule has 0 amide bonds. The van der Waals surface area contributed by atoms with Gasteiger partial charge in [0.1, 0.15) is 16.8 Å². The molecule has 1 heterocycles. The average Bonchev–Trinajstić information content (AvgIpc) is 3.07. The maximum Gasteiger partial charge on any atom is 0.137 e. The molecule has 3 nitrogen and oxygen atoms in total. The first kappa shape index (κ1) is 14.6. The molecule has 0 bridgehead atoms. The van der Waals surface area contributed by atoms with E-state index in [4.69, 9.17) is 16.6 Å². The number of hydrogen-bond acceptors (Lipinski definition) is 3. The molecular weight excluding hydrogens is 258 g/mol. The summed E-state index contributed by atoms with van der Waals surface area (Å²) in [6, 6.07) is 2.54. The third-order valence-corrected chi connectivity index (χ3v) is 3.39. The first-order chi connectivity index (χ1) is 8.77. The molecular formula is C15H24ClN3. The second kappa shape index (κ2) is 5.28. The molecule has 2 rings (SSSR count). The third-order valence-electron chi connectivity index (χ3n) is 3.20. The fraction of sp³-hybridized carbons (Fsp3) is 0.733. The first-order valence-electron chi connectivity index (χ1n) is 7.09. The standard InChI is InChI=1S/C15H24ClN3/c1-10(2)9-19(11-6-7-11)13-8-12(16)17-14(18-13)15(3,4)5/h8,10-11H,6-7,9H2,1-5H3. The molecule has 19 heavy (non-hydrogen) atoms. The van der Waals surface area contributed by atoms with Crippen molar-refractivity contribution in [3.8, 4) is 0 Å². The van der Waals surface area contributed by atoms with Crippen LogP contribution in [0.4, 0.5) is 5.82 Å². The van der Waals surface area contributed by atoms with E-state index in [-0.39, 0.29) is 5.41 Å². The smallest absolute Gasteiger partial charge is 0.137 e. The van der Waals surface area contributed by atoms with E-state index in [1.807, 2.05) is 6.07 Å². The summed E-state index contributed by atoms with van der Waals surface area (Å²) in [5.74, 6) is 2.43.